The van der Waals surface area contributed by atoms with Crippen molar-refractivity contribution in [3.63, 3.8) is 0 Å². The first kappa shape index (κ1) is 40.7. The molecule has 0 saturated carbocycles. The van der Waals surface area contributed by atoms with Gasteiger partial charge in [-0.2, -0.15) is 0 Å². The van der Waals surface area contributed by atoms with Gasteiger partial charge in [0.05, 0.1) is 11.0 Å². The number of aromatic nitrogens is 4. The molecule has 13 aromatic rings. The summed E-state index contributed by atoms with van der Waals surface area (Å²) in [6.07, 6.45) is 0. The molecule has 6 heteroatoms. The van der Waals surface area contributed by atoms with Crippen LogP contribution in [0.5, 0.6) is 0 Å². The summed E-state index contributed by atoms with van der Waals surface area (Å²) < 4.78 is 4.91. The number of nitrogens with zero attached hydrogens (tertiary/aromatic N) is 4. The van der Waals surface area contributed by atoms with Gasteiger partial charge in [0.1, 0.15) is 0 Å². The minimum Gasteiger partial charge on any atom is -0.309 e. The van der Waals surface area contributed by atoms with Gasteiger partial charge in [0.15, 0.2) is 25.5 Å². The smallest absolute Gasteiger partial charge is 0.179 e. The van der Waals surface area contributed by atoms with Crippen molar-refractivity contribution in [3.05, 3.63) is 255 Å². The highest BCUT2D eigenvalue weighted by Crippen LogP contribution is 2.38. The number of hydrogen-bond acceptors (Lipinski definition) is 4. The van der Waals surface area contributed by atoms with Crippen molar-refractivity contribution in [2.75, 3.05) is 0 Å². The van der Waals surface area contributed by atoms with Crippen LogP contribution >= 0.6 is 11.3 Å². The lowest BCUT2D eigenvalue weighted by molar-refractivity contribution is 1.07. The Morgan fingerprint density at radius 3 is 1.33 bits per heavy atom. The van der Waals surface area contributed by atoms with E-state index in [1.165, 1.54) is 51.7 Å². The van der Waals surface area contributed by atoms with Gasteiger partial charge in [0.2, 0.25) is 0 Å². The second kappa shape index (κ2) is 17.0. The Labute approximate surface area is 405 Å². The quantitative estimate of drug-likeness (QED) is 0.107. The molecule has 3 aromatic heterocycles. The summed E-state index contributed by atoms with van der Waals surface area (Å²) in [6, 6.07) is 92.1. The average molecular weight is 915 g/mol. The van der Waals surface area contributed by atoms with Gasteiger partial charge in [-0.25, -0.2) is 15.0 Å². The fourth-order valence-electron chi connectivity index (χ4n) is 10.4. The fourth-order valence-corrected chi connectivity index (χ4v) is 16.4. The van der Waals surface area contributed by atoms with E-state index in [1.54, 1.807) is 0 Å². The molecule has 0 aliphatic rings. The minimum absolute atomic E-state index is 0.609. The molecule has 0 fully saturated rings. The molecular formula is C63H42N4SSi. The fraction of sp³-hybridized carbons (Fsp3) is 0. The molecule has 4 nitrogen and oxygen atoms in total. The molecule has 0 aliphatic heterocycles. The molecule has 0 radical (unpaired) electrons. The molecular weight excluding hydrogens is 873 g/mol. The predicted octanol–water partition coefficient (Wildman–Crippen LogP) is 13.4. The Balaban J connectivity index is 1.01. The molecule has 0 atom stereocenters. The Kier molecular flexibility index (Phi) is 10.00. The van der Waals surface area contributed by atoms with Gasteiger partial charge in [0.25, 0.3) is 0 Å². The molecule has 0 unspecified atom stereocenters. The SMILES string of the molecule is c1ccc([Si](c2ccccc2)(c2ccccc2)c2cccc(-c3nc(-c4cccc(-c5ccc6c(c5)sc5ccccc56)c4)nc(-c4cccc(-n5c6ccccc6c6ccccc65)c4)n3)c2)cc1. The predicted molar refractivity (Wildman–Crippen MR) is 292 cm³/mol. The highest BCUT2D eigenvalue weighted by Gasteiger charge is 2.41. The molecule has 0 aliphatic carbocycles. The first-order chi connectivity index (χ1) is 34.2. The summed E-state index contributed by atoms with van der Waals surface area (Å²) in [7, 11) is -2.85. The molecule has 324 valence electrons. The summed E-state index contributed by atoms with van der Waals surface area (Å²) in [5, 5.41) is 10.2. The Bertz CT molecular complexity index is 3880. The van der Waals surface area contributed by atoms with Crippen molar-refractivity contribution in [1.82, 2.24) is 19.5 Å². The van der Waals surface area contributed by atoms with Crippen LogP contribution in [0.1, 0.15) is 0 Å². The van der Waals surface area contributed by atoms with Gasteiger partial charge in [-0.1, -0.05) is 212 Å². The first-order valence-electron chi connectivity index (χ1n) is 23.3. The van der Waals surface area contributed by atoms with Crippen LogP contribution in [0, 0.1) is 0 Å². The monoisotopic (exact) mass is 914 g/mol. The Morgan fingerprint density at radius 1 is 0.290 bits per heavy atom. The van der Waals surface area contributed by atoms with E-state index < -0.39 is 8.07 Å². The topological polar surface area (TPSA) is 43.6 Å². The summed E-state index contributed by atoms with van der Waals surface area (Å²) in [4.78, 5) is 16.2. The maximum absolute atomic E-state index is 5.41. The van der Waals surface area contributed by atoms with Gasteiger partial charge in [-0.15, -0.1) is 11.3 Å². The van der Waals surface area contributed by atoms with E-state index in [4.69, 9.17) is 15.0 Å². The molecule has 0 saturated heterocycles. The molecule has 13 rings (SSSR count). The van der Waals surface area contributed by atoms with E-state index >= 15 is 0 Å². The van der Waals surface area contributed by atoms with E-state index in [0.717, 1.165) is 44.5 Å². The van der Waals surface area contributed by atoms with E-state index in [-0.39, 0.29) is 0 Å². The van der Waals surface area contributed by atoms with E-state index in [1.807, 2.05) is 11.3 Å². The van der Waals surface area contributed by atoms with Gasteiger partial charge >= 0.3 is 0 Å². The third kappa shape index (κ3) is 7.00. The maximum atomic E-state index is 5.41. The second-order valence-corrected chi connectivity index (χ2v) is 22.4. The Morgan fingerprint density at radius 2 is 0.725 bits per heavy atom. The molecule has 69 heavy (non-hydrogen) atoms. The standard InChI is InChI=1S/C63H42N4SSi/c1-4-24-49(25-5-1)69(50-26-6-2-7-27-50,51-28-8-3-9-29-51)52-30-18-22-47(41-52)63-65-61(45-20-16-19-43(39-45)44-37-38-56-55-33-12-15-36-59(55)68-60(56)42-44)64-62(66-63)46-21-17-23-48(40-46)67-57-34-13-10-31-53(57)54-32-11-14-35-58(54)67/h1-42H. The zero-order chi connectivity index (χ0) is 45.7. The van der Waals surface area contributed by atoms with Crippen LogP contribution in [0.4, 0.5) is 0 Å². The van der Waals surface area contributed by atoms with Crippen LogP contribution in [0.3, 0.4) is 0 Å². The maximum Gasteiger partial charge on any atom is 0.179 e. The lowest BCUT2D eigenvalue weighted by Gasteiger charge is -2.34. The second-order valence-electron chi connectivity index (χ2n) is 17.5. The molecule has 0 spiro atoms. The van der Waals surface area contributed by atoms with Crippen LogP contribution < -0.4 is 20.7 Å². The van der Waals surface area contributed by atoms with Crippen LogP contribution in [0.25, 0.3) is 93.0 Å². The number of para-hydroxylation sites is 2. The van der Waals surface area contributed by atoms with Crippen LogP contribution in [-0.4, -0.2) is 27.6 Å². The molecule has 0 amide bonds. The van der Waals surface area contributed by atoms with Crippen LogP contribution in [0.15, 0.2) is 255 Å². The van der Waals surface area contributed by atoms with Gasteiger partial charge < -0.3 is 4.57 Å². The van der Waals surface area contributed by atoms with Gasteiger partial charge in [-0.05, 0) is 74.3 Å². The normalized spacial score (nSPS) is 11.8. The van der Waals surface area contributed by atoms with Crippen molar-refractivity contribution < 1.29 is 0 Å². The van der Waals surface area contributed by atoms with Crippen molar-refractivity contribution >= 4 is 82.1 Å². The molecule has 0 bridgehead atoms. The molecule has 0 N–H and O–H groups in total. The zero-order valence-corrected chi connectivity index (χ0v) is 39.3. The van der Waals surface area contributed by atoms with Gasteiger partial charge in [-0.3, -0.25) is 0 Å². The van der Waals surface area contributed by atoms with Crippen molar-refractivity contribution in [3.8, 4) is 51.0 Å². The highest BCUT2D eigenvalue weighted by atomic mass is 32.1. The number of rotatable bonds is 9. The van der Waals surface area contributed by atoms with E-state index in [0.29, 0.717) is 17.5 Å². The van der Waals surface area contributed by atoms with Crippen LogP contribution in [0.2, 0.25) is 0 Å². The summed E-state index contributed by atoms with van der Waals surface area (Å²) in [5.41, 5.74) is 8.36. The number of benzene rings is 10. The number of hydrogen-bond donors (Lipinski definition) is 0. The lowest BCUT2D eigenvalue weighted by atomic mass is 10.0. The lowest BCUT2D eigenvalue weighted by Crippen LogP contribution is -2.74. The van der Waals surface area contributed by atoms with E-state index in [9.17, 15) is 0 Å². The van der Waals surface area contributed by atoms with E-state index in [2.05, 4.69) is 259 Å². The minimum atomic E-state index is -2.85. The number of thiophene rings is 1. The third-order valence-electron chi connectivity index (χ3n) is 13.6. The summed E-state index contributed by atoms with van der Waals surface area (Å²) in [6.45, 7) is 0. The first-order valence-corrected chi connectivity index (χ1v) is 26.2. The van der Waals surface area contributed by atoms with Crippen molar-refractivity contribution in [2.24, 2.45) is 0 Å². The highest BCUT2D eigenvalue weighted by molar-refractivity contribution is 7.25. The summed E-state index contributed by atoms with van der Waals surface area (Å²) in [5.74, 6) is 1.84. The largest absolute Gasteiger partial charge is 0.309 e. The van der Waals surface area contributed by atoms with Crippen molar-refractivity contribution in [2.45, 2.75) is 0 Å². The van der Waals surface area contributed by atoms with Gasteiger partial charge in [0, 0.05) is 53.3 Å². The molecule has 10 aromatic carbocycles. The summed E-state index contributed by atoms with van der Waals surface area (Å²) >= 11 is 1.84. The zero-order valence-electron chi connectivity index (χ0n) is 37.4. The van der Waals surface area contributed by atoms with Crippen molar-refractivity contribution in [1.29, 1.82) is 0 Å². The third-order valence-corrected chi connectivity index (χ3v) is 19.5. The van der Waals surface area contributed by atoms with Crippen LogP contribution in [-0.2, 0) is 0 Å². The average Bonchev–Trinajstić information content (AvgIpc) is 3.98. The number of fused-ring (bicyclic) bond motifs is 6. The Hall–Kier alpha value is -8.55. The molecule has 3 heterocycles.